The number of anilines is 1. The number of benzene rings is 1. The largest absolute Gasteiger partial charge is 0.437 e. The fraction of sp³-hybridized carbons (Fsp3) is 0.333. The Hall–Kier alpha value is -1.88. The molecule has 21 heavy (non-hydrogen) atoms. The van der Waals surface area contributed by atoms with Crippen LogP contribution in [0.2, 0.25) is 5.02 Å². The van der Waals surface area contributed by atoms with E-state index in [1.54, 1.807) is 6.07 Å². The third kappa shape index (κ3) is 4.29. The second kappa shape index (κ2) is 7.22. The van der Waals surface area contributed by atoms with E-state index in [0.29, 0.717) is 23.3 Å². The van der Waals surface area contributed by atoms with Gasteiger partial charge in [-0.3, -0.25) is 0 Å². The smallest absolute Gasteiger partial charge is 0.224 e. The van der Waals surface area contributed by atoms with Crippen molar-refractivity contribution >= 4 is 17.4 Å². The van der Waals surface area contributed by atoms with Crippen molar-refractivity contribution in [2.75, 3.05) is 11.9 Å². The molecule has 1 aromatic carbocycles. The molecule has 0 saturated carbocycles. The Morgan fingerprint density at radius 1 is 1.24 bits per heavy atom. The van der Waals surface area contributed by atoms with Gasteiger partial charge in [-0.15, -0.1) is 0 Å². The lowest BCUT2D eigenvalue weighted by Crippen LogP contribution is -2.04. The number of ether oxygens (including phenoxy) is 1. The van der Waals surface area contributed by atoms with Gasteiger partial charge in [0.2, 0.25) is 5.88 Å². The summed E-state index contributed by atoms with van der Waals surface area (Å²) < 4.78 is 18.7. The first kappa shape index (κ1) is 15.5. The van der Waals surface area contributed by atoms with Crippen molar-refractivity contribution in [1.82, 2.24) is 9.97 Å². The van der Waals surface area contributed by atoms with E-state index in [2.05, 4.69) is 22.2 Å². The summed E-state index contributed by atoms with van der Waals surface area (Å²) in [4.78, 5) is 8.73. The highest BCUT2D eigenvalue weighted by atomic mass is 35.5. The predicted octanol–water partition coefficient (Wildman–Crippen LogP) is 4.45. The number of nitrogens with zero attached hydrogens (tertiary/aromatic N) is 2. The van der Waals surface area contributed by atoms with Gasteiger partial charge in [-0.2, -0.15) is 4.98 Å². The minimum atomic E-state index is -0.407. The van der Waals surface area contributed by atoms with Crippen molar-refractivity contribution in [3.63, 3.8) is 0 Å². The van der Waals surface area contributed by atoms with Crippen LogP contribution in [-0.2, 0) is 6.42 Å². The number of halogens is 2. The summed E-state index contributed by atoms with van der Waals surface area (Å²) in [5.74, 6) is 1.74. The third-order valence-corrected chi connectivity index (χ3v) is 2.98. The van der Waals surface area contributed by atoms with Crippen molar-refractivity contribution in [3.8, 4) is 11.6 Å². The molecule has 0 unspecified atom stereocenters. The fourth-order valence-corrected chi connectivity index (χ4v) is 2.01. The van der Waals surface area contributed by atoms with Crippen LogP contribution in [0.15, 0.2) is 24.3 Å². The number of hydrogen-bond donors (Lipinski definition) is 1. The van der Waals surface area contributed by atoms with Gasteiger partial charge in [0, 0.05) is 19.0 Å². The zero-order valence-corrected chi connectivity index (χ0v) is 12.7. The maximum absolute atomic E-state index is 13.0. The van der Waals surface area contributed by atoms with Crippen molar-refractivity contribution in [2.45, 2.75) is 26.7 Å². The number of hydrogen-bond acceptors (Lipinski definition) is 4. The Labute approximate surface area is 128 Å². The molecule has 0 aliphatic rings. The molecule has 2 aromatic rings. The molecule has 1 heterocycles. The molecular weight excluding hydrogens is 293 g/mol. The van der Waals surface area contributed by atoms with Crippen LogP contribution in [0.4, 0.5) is 10.2 Å². The molecule has 112 valence electrons. The average molecular weight is 310 g/mol. The maximum Gasteiger partial charge on any atom is 0.224 e. The van der Waals surface area contributed by atoms with Crippen molar-refractivity contribution < 1.29 is 9.13 Å². The van der Waals surface area contributed by atoms with Crippen LogP contribution in [-0.4, -0.2) is 16.5 Å². The summed E-state index contributed by atoms with van der Waals surface area (Å²) in [5.41, 5.74) is 0. The summed E-state index contributed by atoms with van der Waals surface area (Å²) in [5, 5.41) is 3.34. The van der Waals surface area contributed by atoms with E-state index in [1.165, 1.54) is 18.2 Å². The van der Waals surface area contributed by atoms with Gasteiger partial charge < -0.3 is 10.1 Å². The van der Waals surface area contributed by atoms with Crippen LogP contribution in [0, 0.1) is 5.82 Å². The molecule has 0 radical (unpaired) electrons. The van der Waals surface area contributed by atoms with Gasteiger partial charge in [0.15, 0.2) is 0 Å². The van der Waals surface area contributed by atoms with Gasteiger partial charge >= 0.3 is 0 Å². The van der Waals surface area contributed by atoms with Crippen LogP contribution in [0.1, 0.15) is 26.1 Å². The molecule has 0 aliphatic heterocycles. The number of aromatic nitrogens is 2. The first-order chi connectivity index (χ1) is 10.1. The predicted molar refractivity (Wildman–Crippen MR) is 81.7 cm³/mol. The van der Waals surface area contributed by atoms with Crippen LogP contribution in [0.3, 0.4) is 0 Å². The molecule has 0 amide bonds. The summed E-state index contributed by atoms with van der Waals surface area (Å²) in [6.45, 7) is 4.79. The molecule has 0 atom stereocenters. The quantitative estimate of drug-likeness (QED) is 0.856. The second-order valence-corrected chi connectivity index (χ2v) is 4.87. The fourth-order valence-electron chi connectivity index (χ4n) is 1.80. The standard InChI is InChI=1S/C15H17ClFN3O/c1-3-5-13-19-14(18-4-2)9-15(20-13)21-12-7-6-10(17)8-11(12)16/h6-9H,3-5H2,1-2H3,(H,18,19,20). The minimum Gasteiger partial charge on any atom is -0.437 e. The Bertz CT molecular complexity index is 598. The number of rotatable bonds is 6. The Kier molecular flexibility index (Phi) is 5.33. The van der Waals surface area contributed by atoms with Gasteiger partial charge in [0.25, 0.3) is 0 Å². The first-order valence-electron chi connectivity index (χ1n) is 6.87. The van der Waals surface area contributed by atoms with Crippen molar-refractivity contribution in [2.24, 2.45) is 0 Å². The third-order valence-electron chi connectivity index (χ3n) is 2.69. The van der Waals surface area contributed by atoms with Gasteiger partial charge in [-0.1, -0.05) is 18.5 Å². The summed E-state index contributed by atoms with van der Waals surface area (Å²) in [6.07, 6.45) is 1.69. The lowest BCUT2D eigenvalue weighted by molar-refractivity contribution is 0.457. The van der Waals surface area contributed by atoms with Crippen LogP contribution in [0.25, 0.3) is 0 Å². The van der Waals surface area contributed by atoms with Crippen molar-refractivity contribution in [3.05, 3.63) is 40.9 Å². The SMILES string of the molecule is CCCc1nc(NCC)cc(Oc2ccc(F)cc2Cl)n1. The van der Waals surface area contributed by atoms with E-state index in [4.69, 9.17) is 16.3 Å². The lowest BCUT2D eigenvalue weighted by atomic mass is 10.3. The molecule has 4 nitrogen and oxygen atoms in total. The molecule has 0 saturated heterocycles. The molecule has 0 aliphatic carbocycles. The molecule has 0 fully saturated rings. The summed E-state index contributed by atoms with van der Waals surface area (Å²) >= 11 is 5.96. The Morgan fingerprint density at radius 3 is 2.71 bits per heavy atom. The first-order valence-corrected chi connectivity index (χ1v) is 7.25. The normalized spacial score (nSPS) is 10.5. The highest BCUT2D eigenvalue weighted by Gasteiger charge is 2.09. The maximum atomic E-state index is 13.0. The molecule has 0 spiro atoms. The van der Waals surface area contributed by atoms with Crippen LogP contribution in [0.5, 0.6) is 11.6 Å². The monoisotopic (exact) mass is 309 g/mol. The molecule has 0 bridgehead atoms. The summed E-state index contributed by atoms with van der Waals surface area (Å²) in [7, 11) is 0. The molecule has 1 N–H and O–H groups in total. The van der Waals surface area contributed by atoms with Gasteiger partial charge in [0.05, 0.1) is 5.02 Å². The van der Waals surface area contributed by atoms with Gasteiger partial charge in [0.1, 0.15) is 23.2 Å². The van der Waals surface area contributed by atoms with E-state index in [9.17, 15) is 4.39 Å². The highest BCUT2D eigenvalue weighted by Crippen LogP contribution is 2.29. The zero-order valence-electron chi connectivity index (χ0n) is 12.0. The average Bonchev–Trinajstić information content (AvgIpc) is 2.42. The lowest BCUT2D eigenvalue weighted by Gasteiger charge is -2.10. The number of nitrogens with one attached hydrogen (secondary N) is 1. The van der Waals surface area contributed by atoms with E-state index in [1.807, 2.05) is 6.92 Å². The molecule has 2 rings (SSSR count). The molecule has 1 aromatic heterocycles. The van der Waals surface area contributed by atoms with Gasteiger partial charge in [-0.05, 0) is 31.5 Å². The number of aryl methyl sites for hydroxylation is 1. The Balaban J connectivity index is 2.29. The van der Waals surface area contributed by atoms with Gasteiger partial charge in [-0.25, -0.2) is 9.37 Å². The summed E-state index contributed by atoms with van der Waals surface area (Å²) in [6, 6.07) is 5.67. The molecule has 6 heteroatoms. The second-order valence-electron chi connectivity index (χ2n) is 4.46. The highest BCUT2D eigenvalue weighted by molar-refractivity contribution is 6.32. The van der Waals surface area contributed by atoms with E-state index < -0.39 is 5.82 Å². The van der Waals surface area contributed by atoms with E-state index in [-0.39, 0.29) is 5.02 Å². The minimum absolute atomic E-state index is 0.204. The zero-order chi connectivity index (χ0) is 15.2. The van der Waals surface area contributed by atoms with Crippen molar-refractivity contribution in [1.29, 1.82) is 0 Å². The molecular formula is C15H17ClFN3O. The topological polar surface area (TPSA) is 47.0 Å². The van der Waals surface area contributed by atoms with E-state index in [0.717, 1.165) is 19.4 Å². The van der Waals surface area contributed by atoms with Crippen LogP contribution >= 0.6 is 11.6 Å². The Morgan fingerprint density at radius 2 is 2.05 bits per heavy atom. The van der Waals surface area contributed by atoms with Crippen LogP contribution < -0.4 is 10.1 Å². The van der Waals surface area contributed by atoms with E-state index >= 15 is 0 Å².